The topological polar surface area (TPSA) is 105 Å². The smallest absolute Gasteiger partial charge is 0.258 e. The number of hydrogen-bond donors (Lipinski definition) is 3. The molecule has 3 aromatic rings. The zero-order valence-corrected chi connectivity index (χ0v) is 19.0. The Kier molecular flexibility index (Phi) is 5.69. The molecule has 178 valence electrons. The van der Waals surface area contributed by atoms with Crippen molar-refractivity contribution in [3.8, 4) is 5.75 Å². The summed E-state index contributed by atoms with van der Waals surface area (Å²) in [4.78, 5) is 25.6. The highest BCUT2D eigenvalue weighted by molar-refractivity contribution is 6.30. The van der Waals surface area contributed by atoms with E-state index in [1.807, 2.05) is 18.2 Å². The average Bonchev–Trinajstić information content (AvgIpc) is 3.25. The summed E-state index contributed by atoms with van der Waals surface area (Å²) in [6, 6.07) is 9.47. The highest BCUT2D eigenvalue weighted by Gasteiger charge is 2.55. The van der Waals surface area contributed by atoms with E-state index in [0.29, 0.717) is 43.2 Å². The molecule has 3 N–H and O–H groups in total. The summed E-state index contributed by atoms with van der Waals surface area (Å²) in [5.41, 5.74) is -0.118. The number of pyridine rings is 1. The first-order chi connectivity index (χ1) is 16.3. The molecule has 2 bridgehead atoms. The van der Waals surface area contributed by atoms with Crippen LogP contribution in [0.2, 0.25) is 5.02 Å². The van der Waals surface area contributed by atoms with Gasteiger partial charge in [-0.3, -0.25) is 9.59 Å². The Morgan fingerprint density at radius 3 is 2.74 bits per heavy atom. The molecule has 10 heteroatoms. The van der Waals surface area contributed by atoms with Crippen molar-refractivity contribution < 1.29 is 23.8 Å². The summed E-state index contributed by atoms with van der Waals surface area (Å²) in [6.45, 7) is -0.313. The summed E-state index contributed by atoms with van der Waals surface area (Å²) in [5.74, 6) is -1.07. The van der Waals surface area contributed by atoms with E-state index in [1.165, 1.54) is 12.1 Å². The predicted molar refractivity (Wildman–Crippen MR) is 122 cm³/mol. The van der Waals surface area contributed by atoms with Gasteiger partial charge in [0.05, 0.1) is 33.9 Å². The Morgan fingerprint density at radius 1 is 1.21 bits per heavy atom. The maximum Gasteiger partial charge on any atom is 0.258 e. The van der Waals surface area contributed by atoms with Crippen molar-refractivity contribution in [2.75, 3.05) is 6.61 Å². The van der Waals surface area contributed by atoms with Crippen molar-refractivity contribution in [2.24, 2.45) is 0 Å². The number of nitrogens with zero attached hydrogens (tertiary/aromatic N) is 2. The monoisotopic (exact) mass is 486 g/mol. The van der Waals surface area contributed by atoms with E-state index in [4.69, 9.17) is 16.3 Å². The van der Waals surface area contributed by atoms with Gasteiger partial charge in [-0.1, -0.05) is 17.7 Å². The van der Waals surface area contributed by atoms with Crippen molar-refractivity contribution in [3.63, 3.8) is 0 Å². The number of nitrogens with one attached hydrogen (secondary N) is 2. The van der Waals surface area contributed by atoms with Crippen LogP contribution in [0.25, 0.3) is 5.52 Å². The lowest BCUT2D eigenvalue weighted by molar-refractivity contribution is -0.132. The number of rotatable bonds is 6. The summed E-state index contributed by atoms with van der Waals surface area (Å²) < 4.78 is 20.6. The highest BCUT2D eigenvalue weighted by Crippen LogP contribution is 2.47. The van der Waals surface area contributed by atoms with Crippen LogP contribution in [0.5, 0.6) is 5.75 Å². The summed E-state index contributed by atoms with van der Waals surface area (Å²) in [6.07, 6.45) is 5.12. The van der Waals surface area contributed by atoms with Crippen LogP contribution in [-0.4, -0.2) is 50.3 Å². The Hall–Kier alpha value is -3.17. The Labute approximate surface area is 200 Å². The van der Waals surface area contributed by atoms with Gasteiger partial charge in [-0.15, -0.1) is 0 Å². The molecule has 3 saturated carbocycles. The lowest BCUT2D eigenvalue weighted by Crippen LogP contribution is -2.70. The van der Waals surface area contributed by atoms with Crippen LogP contribution in [0.1, 0.15) is 42.5 Å². The second-order valence-electron chi connectivity index (χ2n) is 9.11. The predicted octanol–water partition coefficient (Wildman–Crippen LogP) is 2.87. The summed E-state index contributed by atoms with van der Waals surface area (Å²) >= 11 is 5.66. The molecule has 2 heterocycles. The highest BCUT2D eigenvalue weighted by atomic mass is 35.5. The first-order valence-electron chi connectivity index (χ1n) is 11.1. The van der Waals surface area contributed by atoms with Crippen molar-refractivity contribution in [1.29, 1.82) is 0 Å². The lowest BCUT2D eigenvalue weighted by atomic mass is 9.60. The number of carbonyl (C=O) groups is 2. The molecule has 3 aliphatic rings. The Morgan fingerprint density at radius 2 is 2.00 bits per heavy atom. The molecule has 1 unspecified atom stereocenters. The molecular formula is C24H24ClFN4O4. The number of aromatic nitrogens is 2. The Bertz CT molecular complexity index is 1250. The minimum absolute atomic E-state index is 0.0274. The third-order valence-corrected chi connectivity index (χ3v) is 7.33. The van der Waals surface area contributed by atoms with E-state index in [1.54, 1.807) is 16.9 Å². The van der Waals surface area contributed by atoms with E-state index in [9.17, 15) is 19.1 Å². The maximum atomic E-state index is 13.6. The normalized spacial score (nSPS) is 25.8. The second kappa shape index (κ2) is 8.56. The standard InChI is InChI=1S/C24H24ClFN4O4/c25-17-5-4-15(11-18(17)26)34-14-21(32)28-24-8-6-23(7-9-24,12-20(24)31)29-22(33)16-13-27-30-10-2-1-3-19(16)30/h1-5,10-11,13,20,31H,6-9,12,14H2,(H,28,32)(H,29,33). The van der Waals surface area contributed by atoms with Crippen LogP contribution in [0.3, 0.4) is 0 Å². The third-order valence-electron chi connectivity index (χ3n) is 7.02. The van der Waals surface area contributed by atoms with Gasteiger partial charge in [-0.05, 0) is 56.4 Å². The van der Waals surface area contributed by atoms with Crippen LogP contribution in [-0.2, 0) is 4.79 Å². The second-order valence-corrected chi connectivity index (χ2v) is 9.52. The molecule has 3 aliphatic carbocycles. The molecular weight excluding hydrogens is 463 g/mol. The molecule has 0 radical (unpaired) electrons. The number of amides is 2. The van der Waals surface area contributed by atoms with E-state index >= 15 is 0 Å². The first-order valence-corrected chi connectivity index (χ1v) is 11.5. The van der Waals surface area contributed by atoms with Crippen molar-refractivity contribution in [1.82, 2.24) is 20.2 Å². The van der Waals surface area contributed by atoms with Gasteiger partial charge in [-0.2, -0.15) is 5.10 Å². The molecule has 2 aromatic heterocycles. The van der Waals surface area contributed by atoms with Crippen LogP contribution in [0, 0.1) is 5.82 Å². The van der Waals surface area contributed by atoms with Crippen molar-refractivity contribution >= 4 is 28.9 Å². The molecule has 6 rings (SSSR count). The van der Waals surface area contributed by atoms with Crippen LogP contribution in [0.4, 0.5) is 4.39 Å². The number of carbonyl (C=O) groups excluding carboxylic acids is 2. The van der Waals surface area contributed by atoms with E-state index in [-0.39, 0.29) is 23.3 Å². The maximum absolute atomic E-state index is 13.6. The first kappa shape index (κ1) is 22.6. The fraction of sp³-hybridized carbons (Fsp3) is 0.375. The minimum atomic E-state index is -0.823. The van der Waals surface area contributed by atoms with Gasteiger partial charge in [0.25, 0.3) is 11.8 Å². The van der Waals surface area contributed by atoms with Gasteiger partial charge in [0.2, 0.25) is 0 Å². The molecule has 2 amide bonds. The van der Waals surface area contributed by atoms with Gasteiger partial charge in [-0.25, -0.2) is 8.91 Å². The zero-order chi connectivity index (χ0) is 23.9. The quantitative estimate of drug-likeness (QED) is 0.497. The number of hydrogen-bond acceptors (Lipinski definition) is 5. The fourth-order valence-electron chi connectivity index (χ4n) is 5.11. The van der Waals surface area contributed by atoms with Gasteiger partial charge in [0.1, 0.15) is 11.6 Å². The number of benzene rings is 1. The molecule has 34 heavy (non-hydrogen) atoms. The number of ether oxygens (including phenoxy) is 1. The number of aliphatic hydroxyl groups is 1. The number of halogens is 2. The molecule has 0 spiro atoms. The van der Waals surface area contributed by atoms with E-state index in [0.717, 1.165) is 6.07 Å². The van der Waals surface area contributed by atoms with Gasteiger partial charge < -0.3 is 20.5 Å². The Balaban J connectivity index is 1.21. The fourth-order valence-corrected chi connectivity index (χ4v) is 5.23. The van der Waals surface area contributed by atoms with Gasteiger partial charge in [0, 0.05) is 17.8 Å². The molecule has 0 saturated heterocycles. The SMILES string of the molecule is O=C(COc1ccc(Cl)c(F)c1)NC12CCC(NC(=O)c3cnn4ccccc34)(CC1)CC2O. The van der Waals surface area contributed by atoms with Crippen LogP contribution >= 0.6 is 11.6 Å². The zero-order valence-electron chi connectivity index (χ0n) is 18.3. The number of aliphatic hydroxyl groups excluding tert-OH is 1. The average molecular weight is 487 g/mol. The largest absolute Gasteiger partial charge is 0.484 e. The van der Waals surface area contributed by atoms with E-state index in [2.05, 4.69) is 15.7 Å². The third kappa shape index (κ3) is 4.10. The molecule has 3 fully saturated rings. The van der Waals surface area contributed by atoms with Gasteiger partial charge >= 0.3 is 0 Å². The van der Waals surface area contributed by atoms with Crippen LogP contribution < -0.4 is 15.4 Å². The van der Waals surface area contributed by atoms with Crippen molar-refractivity contribution in [3.05, 3.63) is 65.2 Å². The van der Waals surface area contributed by atoms with Gasteiger partial charge in [0.15, 0.2) is 6.61 Å². The molecule has 8 nitrogen and oxygen atoms in total. The molecule has 0 aliphatic heterocycles. The summed E-state index contributed by atoms with van der Waals surface area (Å²) in [5, 5.41) is 21.2. The van der Waals surface area contributed by atoms with E-state index < -0.39 is 28.9 Å². The molecule has 1 aromatic carbocycles. The van der Waals surface area contributed by atoms with Crippen LogP contribution in [0.15, 0.2) is 48.8 Å². The number of fused-ring (bicyclic) bond motifs is 4. The van der Waals surface area contributed by atoms with Crippen molar-refractivity contribution in [2.45, 2.75) is 49.3 Å². The minimum Gasteiger partial charge on any atom is -0.484 e. The summed E-state index contributed by atoms with van der Waals surface area (Å²) in [7, 11) is 0. The molecule has 1 atom stereocenters. The lowest BCUT2D eigenvalue weighted by Gasteiger charge is -2.56.